The maximum atomic E-state index is 13.3. The Morgan fingerprint density at radius 2 is 1.88 bits per heavy atom. The molecule has 0 radical (unpaired) electrons. The van der Waals surface area contributed by atoms with E-state index < -0.39 is 35.7 Å². The fourth-order valence-electron chi connectivity index (χ4n) is 3.03. The summed E-state index contributed by atoms with van der Waals surface area (Å²) in [5.41, 5.74) is -1.32. The number of rotatable bonds is 3. The minimum Gasteiger partial charge on any atom is -0.365 e. The highest BCUT2D eigenvalue weighted by atomic mass is 32.1. The molecule has 1 aliphatic heterocycles. The molecule has 2 aromatic rings. The van der Waals surface area contributed by atoms with Gasteiger partial charge in [-0.05, 0) is 23.9 Å². The van der Waals surface area contributed by atoms with Crippen LogP contribution in [0.2, 0.25) is 0 Å². The molecular formula is C17H15F3N2O3S. The molecule has 3 N–H and O–H groups in total. The van der Waals surface area contributed by atoms with Gasteiger partial charge in [-0.15, -0.1) is 11.3 Å². The van der Waals surface area contributed by atoms with E-state index in [2.05, 4.69) is 10.6 Å². The Kier molecular flexibility index (Phi) is 4.53. The quantitative estimate of drug-likeness (QED) is 0.761. The number of aryl methyl sites for hydroxylation is 1. The van der Waals surface area contributed by atoms with Crippen LogP contribution in [-0.2, 0) is 10.5 Å². The van der Waals surface area contributed by atoms with Crippen LogP contribution in [-0.4, -0.2) is 23.1 Å². The summed E-state index contributed by atoms with van der Waals surface area (Å²) in [6.45, 7) is 1.80. The molecule has 26 heavy (non-hydrogen) atoms. The van der Waals surface area contributed by atoms with Crippen LogP contribution < -0.4 is 10.6 Å². The highest BCUT2D eigenvalue weighted by molar-refractivity contribution is 7.10. The maximum Gasteiger partial charge on any atom is 0.450 e. The zero-order valence-corrected chi connectivity index (χ0v) is 14.3. The molecule has 2 amide bonds. The second-order valence-electron chi connectivity index (χ2n) is 6.07. The number of ketones is 1. The Labute approximate surface area is 150 Å². The average Bonchev–Trinajstić information content (AvgIpc) is 3.08. The standard InChI is InChI=1S/C17H15F3N2O3S/c1-9-4-6-10(7-5-9)13-12(14(23)17(18,19)20)16(25,22-15(24)21-13)11-3-2-8-26-11/h2-8,12-13,25H,1H3,(H2,21,22,24)/t12-,13-,16+/m0/s1. The highest BCUT2D eigenvalue weighted by Gasteiger charge is 2.59. The molecule has 0 unspecified atom stereocenters. The summed E-state index contributed by atoms with van der Waals surface area (Å²) in [6, 6.07) is 7.05. The number of amides is 2. The van der Waals surface area contributed by atoms with Gasteiger partial charge in [-0.2, -0.15) is 13.2 Å². The van der Waals surface area contributed by atoms with Crippen LogP contribution >= 0.6 is 11.3 Å². The van der Waals surface area contributed by atoms with Crippen molar-refractivity contribution in [1.29, 1.82) is 0 Å². The Morgan fingerprint density at radius 3 is 2.42 bits per heavy atom. The van der Waals surface area contributed by atoms with E-state index in [1.54, 1.807) is 19.1 Å². The van der Waals surface area contributed by atoms with E-state index in [9.17, 15) is 27.9 Å². The second-order valence-corrected chi connectivity index (χ2v) is 7.02. The lowest BCUT2D eigenvalue weighted by molar-refractivity contribution is -0.190. The van der Waals surface area contributed by atoms with Gasteiger partial charge in [-0.1, -0.05) is 35.9 Å². The lowest BCUT2D eigenvalue weighted by Gasteiger charge is -2.44. The molecule has 0 spiro atoms. The summed E-state index contributed by atoms with van der Waals surface area (Å²) >= 11 is 0.950. The first kappa shape index (κ1) is 18.4. The molecule has 1 fully saturated rings. The lowest BCUT2D eigenvalue weighted by Crippen LogP contribution is -2.66. The van der Waals surface area contributed by atoms with E-state index in [0.717, 1.165) is 16.9 Å². The Morgan fingerprint density at radius 1 is 1.23 bits per heavy atom. The van der Waals surface area contributed by atoms with Crippen molar-refractivity contribution in [2.75, 3.05) is 0 Å². The van der Waals surface area contributed by atoms with Crippen LogP contribution in [0.15, 0.2) is 41.8 Å². The Balaban J connectivity index is 2.16. The van der Waals surface area contributed by atoms with Crippen molar-refractivity contribution in [3.8, 4) is 0 Å². The number of thiophene rings is 1. The Hall–Kier alpha value is -2.39. The van der Waals surface area contributed by atoms with E-state index in [1.807, 2.05) is 0 Å². The number of halogens is 3. The van der Waals surface area contributed by atoms with Crippen molar-refractivity contribution in [2.24, 2.45) is 5.92 Å². The van der Waals surface area contributed by atoms with Crippen LogP contribution in [0.4, 0.5) is 18.0 Å². The van der Waals surface area contributed by atoms with E-state index in [-0.39, 0.29) is 4.88 Å². The molecule has 2 heterocycles. The number of urea groups is 1. The van der Waals surface area contributed by atoms with E-state index in [4.69, 9.17) is 0 Å². The van der Waals surface area contributed by atoms with Gasteiger partial charge in [0.1, 0.15) is 5.92 Å². The molecule has 9 heteroatoms. The van der Waals surface area contributed by atoms with E-state index in [0.29, 0.717) is 5.56 Å². The summed E-state index contributed by atoms with van der Waals surface area (Å²) < 4.78 is 39.8. The first-order chi connectivity index (χ1) is 12.1. The predicted molar refractivity (Wildman–Crippen MR) is 88.4 cm³/mol. The third kappa shape index (κ3) is 3.19. The summed E-state index contributed by atoms with van der Waals surface area (Å²) in [7, 11) is 0. The predicted octanol–water partition coefficient (Wildman–Crippen LogP) is 3.00. The SMILES string of the molecule is Cc1ccc([C@@H]2NC(=O)N[C@@](O)(c3cccs3)[C@@H]2C(=O)C(F)(F)F)cc1. The third-order valence-electron chi connectivity index (χ3n) is 4.27. The third-order valence-corrected chi connectivity index (χ3v) is 5.26. The summed E-state index contributed by atoms with van der Waals surface area (Å²) in [5, 5.41) is 17.0. The minimum absolute atomic E-state index is 0.0482. The number of alkyl halides is 3. The Bertz CT molecular complexity index is 821. The van der Waals surface area contributed by atoms with Gasteiger partial charge in [0.2, 0.25) is 5.78 Å². The van der Waals surface area contributed by atoms with Crippen molar-refractivity contribution < 1.29 is 27.9 Å². The molecule has 0 bridgehead atoms. The largest absolute Gasteiger partial charge is 0.450 e. The number of benzene rings is 1. The highest BCUT2D eigenvalue weighted by Crippen LogP contribution is 2.44. The molecule has 138 valence electrons. The molecule has 1 saturated heterocycles. The van der Waals surface area contributed by atoms with Crippen LogP contribution in [0.5, 0.6) is 0 Å². The van der Waals surface area contributed by atoms with Gasteiger partial charge in [0.15, 0.2) is 5.72 Å². The number of carbonyl (C=O) groups excluding carboxylic acids is 2. The van der Waals surface area contributed by atoms with Gasteiger partial charge in [0.25, 0.3) is 0 Å². The zero-order chi connectivity index (χ0) is 19.1. The molecule has 3 atom stereocenters. The van der Waals surface area contributed by atoms with Crippen molar-refractivity contribution in [1.82, 2.24) is 10.6 Å². The van der Waals surface area contributed by atoms with Crippen molar-refractivity contribution >= 4 is 23.2 Å². The molecule has 1 aromatic carbocycles. The zero-order valence-electron chi connectivity index (χ0n) is 13.5. The number of hydrogen-bond acceptors (Lipinski definition) is 4. The summed E-state index contributed by atoms with van der Waals surface area (Å²) in [4.78, 5) is 24.3. The smallest absolute Gasteiger partial charge is 0.365 e. The number of aliphatic hydroxyl groups is 1. The molecular weight excluding hydrogens is 369 g/mol. The van der Waals surface area contributed by atoms with E-state index in [1.165, 1.54) is 29.6 Å². The average molecular weight is 384 g/mol. The van der Waals surface area contributed by atoms with Crippen molar-refractivity contribution in [2.45, 2.75) is 24.9 Å². The first-order valence-electron chi connectivity index (χ1n) is 7.65. The molecule has 0 saturated carbocycles. The topological polar surface area (TPSA) is 78.4 Å². The van der Waals surface area contributed by atoms with Crippen molar-refractivity contribution in [3.63, 3.8) is 0 Å². The number of carbonyl (C=O) groups is 2. The van der Waals surface area contributed by atoms with Crippen LogP contribution in [0.1, 0.15) is 22.0 Å². The fourth-order valence-corrected chi connectivity index (χ4v) is 3.85. The summed E-state index contributed by atoms with van der Waals surface area (Å²) in [6.07, 6.45) is -5.18. The molecule has 0 aliphatic carbocycles. The normalized spacial score (nSPS) is 26.1. The number of Topliss-reactive ketones (excluding diaryl/α,β-unsaturated/α-hetero) is 1. The van der Waals surface area contributed by atoms with Gasteiger partial charge >= 0.3 is 12.2 Å². The van der Waals surface area contributed by atoms with Crippen molar-refractivity contribution in [3.05, 3.63) is 57.8 Å². The van der Waals surface area contributed by atoms with Gasteiger partial charge in [-0.25, -0.2) is 4.79 Å². The van der Waals surface area contributed by atoms with Crippen LogP contribution in [0.3, 0.4) is 0 Å². The van der Waals surface area contributed by atoms with Gasteiger partial charge in [-0.3, -0.25) is 4.79 Å². The molecule has 1 aromatic heterocycles. The maximum absolute atomic E-state index is 13.3. The van der Waals surface area contributed by atoms with Gasteiger partial charge in [0, 0.05) is 0 Å². The monoisotopic (exact) mass is 384 g/mol. The lowest BCUT2D eigenvalue weighted by atomic mass is 9.78. The first-order valence-corrected chi connectivity index (χ1v) is 8.53. The van der Waals surface area contributed by atoms with Gasteiger partial charge < -0.3 is 15.7 Å². The summed E-state index contributed by atoms with van der Waals surface area (Å²) in [5.74, 6) is -4.10. The fraction of sp³-hybridized carbons (Fsp3) is 0.294. The molecule has 3 rings (SSSR count). The molecule has 5 nitrogen and oxygen atoms in total. The number of hydrogen-bond donors (Lipinski definition) is 3. The van der Waals surface area contributed by atoms with Crippen LogP contribution in [0.25, 0.3) is 0 Å². The molecule has 1 aliphatic rings. The van der Waals surface area contributed by atoms with Crippen LogP contribution in [0, 0.1) is 12.8 Å². The minimum atomic E-state index is -5.18. The number of nitrogens with one attached hydrogen (secondary N) is 2. The second kappa shape index (κ2) is 6.40. The van der Waals surface area contributed by atoms with Gasteiger partial charge in [0.05, 0.1) is 10.9 Å². The van der Waals surface area contributed by atoms with E-state index >= 15 is 0 Å².